The van der Waals surface area contributed by atoms with Crippen molar-refractivity contribution in [3.63, 3.8) is 0 Å². The molecule has 1 aliphatic heterocycles. The Labute approximate surface area is 107 Å². The molecule has 1 N–H and O–H groups in total. The van der Waals surface area contributed by atoms with Gasteiger partial charge in [-0.1, -0.05) is 13.0 Å². The van der Waals surface area contributed by atoms with Gasteiger partial charge in [-0.15, -0.1) is 0 Å². The number of benzene rings is 1. The molecule has 0 radical (unpaired) electrons. The van der Waals surface area contributed by atoms with E-state index in [1.807, 2.05) is 0 Å². The lowest BCUT2D eigenvalue weighted by Crippen LogP contribution is -2.25. The summed E-state index contributed by atoms with van der Waals surface area (Å²) in [5.74, 6) is 0.106. The second-order valence-corrected chi connectivity index (χ2v) is 6.21. The number of hydrogen-bond acceptors (Lipinski definition) is 3. The molecular formula is C12H16N2O3S. The SMILES string of the molecule is CCC(=O)Nc1cccc(N2CCCS2(=O)=O)c1. The number of anilines is 2. The third-order valence-corrected chi connectivity index (χ3v) is 4.71. The molecule has 0 atom stereocenters. The Hall–Kier alpha value is -1.56. The van der Waals surface area contributed by atoms with E-state index in [-0.39, 0.29) is 11.7 Å². The first-order valence-corrected chi connectivity index (χ1v) is 7.54. The molecule has 0 unspecified atom stereocenters. The van der Waals surface area contributed by atoms with E-state index in [1.54, 1.807) is 31.2 Å². The van der Waals surface area contributed by atoms with Gasteiger partial charge < -0.3 is 5.32 Å². The van der Waals surface area contributed by atoms with Gasteiger partial charge >= 0.3 is 0 Å². The van der Waals surface area contributed by atoms with Crippen molar-refractivity contribution in [3.8, 4) is 0 Å². The van der Waals surface area contributed by atoms with Gasteiger partial charge in [0.2, 0.25) is 15.9 Å². The van der Waals surface area contributed by atoms with E-state index in [9.17, 15) is 13.2 Å². The molecule has 1 saturated heterocycles. The fourth-order valence-corrected chi connectivity index (χ4v) is 3.47. The van der Waals surface area contributed by atoms with E-state index >= 15 is 0 Å². The van der Waals surface area contributed by atoms with Crippen LogP contribution in [-0.2, 0) is 14.8 Å². The van der Waals surface area contributed by atoms with Crippen LogP contribution < -0.4 is 9.62 Å². The number of carbonyl (C=O) groups is 1. The highest BCUT2D eigenvalue weighted by atomic mass is 32.2. The first kappa shape index (κ1) is 12.9. The van der Waals surface area contributed by atoms with Crippen LogP contribution in [-0.4, -0.2) is 26.6 Å². The normalized spacial score (nSPS) is 17.7. The molecule has 18 heavy (non-hydrogen) atoms. The molecule has 1 aromatic rings. The van der Waals surface area contributed by atoms with E-state index in [1.165, 1.54) is 4.31 Å². The Kier molecular flexibility index (Phi) is 3.56. The van der Waals surface area contributed by atoms with Crippen LogP contribution in [0.5, 0.6) is 0 Å². The summed E-state index contributed by atoms with van der Waals surface area (Å²) in [7, 11) is -3.17. The number of nitrogens with zero attached hydrogens (tertiary/aromatic N) is 1. The van der Waals surface area contributed by atoms with E-state index in [2.05, 4.69) is 5.32 Å². The van der Waals surface area contributed by atoms with Crippen molar-refractivity contribution < 1.29 is 13.2 Å². The molecule has 98 valence electrons. The summed E-state index contributed by atoms with van der Waals surface area (Å²) in [6.45, 7) is 2.28. The lowest BCUT2D eigenvalue weighted by molar-refractivity contribution is -0.115. The maximum Gasteiger partial charge on any atom is 0.235 e. The van der Waals surface area contributed by atoms with Crippen LogP contribution in [0.1, 0.15) is 19.8 Å². The van der Waals surface area contributed by atoms with Crippen molar-refractivity contribution >= 4 is 27.3 Å². The smallest absolute Gasteiger partial charge is 0.235 e. The number of amides is 1. The van der Waals surface area contributed by atoms with Gasteiger partial charge in [0.25, 0.3) is 0 Å². The van der Waals surface area contributed by atoms with Crippen LogP contribution >= 0.6 is 0 Å². The largest absolute Gasteiger partial charge is 0.326 e. The molecule has 6 heteroatoms. The Morgan fingerprint density at radius 2 is 2.22 bits per heavy atom. The van der Waals surface area contributed by atoms with Gasteiger partial charge in [0, 0.05) is 18.7 Å². The Morgan fingerprint density at radius 3 is 2.83 bits per heavy atom. The van der Waals surface area contributed by atoms with Crippen molar-refractivity contribution in [2.24, 2.45) is 0 Å². The van der Waals surface area contributed by atoms with Gasteiger partial charge in [-0.3, -0.25) is 9.10 Å². The fourth-order valence-electron chi connectivity index (χ4n) is 1.92. The van der Waals surface area contributed by atoms with E-state index in [4.69, 9.17) is 0 Å². The summed E-state index contributed by atoms with van der Waals surface area (Å²) < 4.78 is 25.0. The zero-order valence-corrected chi connectivity index (χ0v) is 11.0. The van der Waals surface area contributed by atoms with Gasteiger partial charge in [-0.25, -0.2) is 8.42 Å². The van der Waals surface area contributed by atoms with Gasteiger partial charge in [-0.05, 0) is 24.6 Å². The number of rotatable bonds is 3. The van der Waals surface area contributed by atoms with Gasteiger partial charge in [0.1, 0.15) is 0 Å². The van der Waals surface area contributed by atoms with Crippen molar-refractivity contribution in [1.29, 1.82) is 0 Å². The molecule has 0 aromatic heterocycles. The van der Waals surface area contributed by atoms with Crippen molar-refractivity contribution in [1.82, 2.24) is 0 Å². The maximum absolute atomic E-state index is 11.8. The van der Waals surface area contributed by atoms with E-state index in [0.717, 1.165) is 0 Å². The molecule has 0 bridgehead atoms. The highest BCUT2D eigenvalue weighted by Gasteiger charge is 2.28. The predicted molar refractivity (Wildman–Crippen MR) is 71.1 cm³/mol. The predicted octanol–water partition coefficient (Wildman–Crippen LogP) is 1.57. The molecule has 1 aliphatic rings. The Morgan fingerprint density at radius 1 is 1.44 bits per heavy atom. The minimum Gasteiger partial charge on any atom is -0.326 e. The monoisotopic (exact) mass is 268 g/mol. The summed E-state index contributed by atoms with van der Waals surface area (Å²) in [6, 6.07) is 6.93. The molecule has 0 spiro atoms. The Bertz CT molecular complexity index is 554. The third kappa shape index (κ3) is 2.64. The van der Waals surface area contributed by atoms with Crippen LogP contribution in [0.4, 0.5) is 11.4 Å². The fraction of sp³-hybridized carbons (Fsp3) is 0.417. The summed E-state index contributed by atoms with van der Waals surface area (Å²) >= 11 is 0. The first-order chi connectivity index (χ1) is 8.53. The Balaban J connectivity index is 2.25. The molecule has 0 aliphatic carbocycles. The average molecular weight is 268 g/mol. The number of sulfonamides is 1. The summed E-state index contributed by atoms with van der Waals surface area (Å²) in [6.07, 6.45) is 1.04. The highest BCUT2D eigenvalue weighted by Crippen LogP contribution is 2.26. The van der Waals surface area contributed by atoms with Gasteiger partial charge in [0.05, 0.1) is 11.4 Å². The molecule has 1 aromatic carbocycles. The molecular weight excluding hydrogens is 252 g/mol. The first-order valence-electron chi connectivity index (χ1n) is 5.93. The van der Waals surface area contributed by atoms with E-state index in [0.29, 0.717) is 30.8 Å². The zero-order chi connectivity index (χ0) is 13.2. The molecule has 2 rings (SSSR count). The van der Waals surface area contributed by atoms with Crippen LogP contribution in [0.15, 0.2) is 24.3 Å². The van der Waals surface area contributed by atoms with Crippen LogP contribution in [0.25, 0.3) is 0 Å². The van der Waals surface area contributed by atoms with Gasteiger partial charge in [-0.2, -0.15) is 0 Å². The summed E-state index contributed by atoms with van der Waals surface area (Å²) in [4.78, 5) is 11.3. The number of nitrogens with one attached hydrogen (secondary N) is 1. The molecule has 1 heterocycles. The quantitative estimate of drug-likeness (QED) is 0.905. The minimum absolute atomic E-state index is 0.0866. The number of carbonyl (C=O) groups excluding carboxylic acids is 1. The second-order valence-electron chi connectivity index (χ2n) is 4.19. The van der Waals surface area contributed by atoms with Crippen molar-refractivity contribution in [2.75, 3.05) is 21.9 Å². The van der Waals surface area contributed by atoms with Crippen LogP contribution in [0.2, 0.25) is 0 Å². The van der Waals surface area contributed by atoms with Crippen LogP contribution in [0.3, 0.4) is 0 Å². The summed E-state index contributed by atoms with van der Waals surface area (Å²) in [5, 5.41) is 2.72. The van der Waals surface area contributed by atoms with E-state index < -0.39 is 10.0 Å². The lowest BCUT2D eigenvalue weighted by atomic mass is 10.2. The lowest BCUT2D eigenvalue weighted by Gasteiger charge is -2.17. The maximum atomic E-state index is 11.8. The minimum atomic E-state index is -3.17. The number of hydrogen-bond donors (Lipinski definition) is 1. The topological polar surface area (TPSA) is 66.5 Å². The second kappa shape index (κ2) is 4.97. The molecule has 0 saturated carbocycles. The zero-order valence-electron chi connectivity index (χ0n) is 10.2. The van der Waals surface area contributed by atoms with Gasteiger partial charge in [0.15, 0.2) is 0 Å². The summed E-state index contributed by atoms with van der Waals surface area (Å²) in [5.41, 5.74) is 1.24. The highest BCUT2D eigenvalue weighted by molar-refractivity contribution is 7.93. The molecule has 1 amide bonds. The van der Waals surface area contributed by atoms with Crippen LogP contribution in [0, 0.1) is 0 Å². The molecule has 5 nitrogen and oxygen atoms in total. The molecule has 1 fully saturated rings. The third-order valence-electron chi connectivity index (χ3n) is 2.84. The van der Waals surface area contributed by atoms with Crippen molar-refractivity contribution in [2.45, 2.75) is 19.8 Å². The standard InChI is InChI=1S/C12H16N2O3S/c1-2-12(15)13-10-5-3-6-11(9-10)14-7-4-8-18(14,16)17/h3,5-6,9H,2,4,7-8H2,1H3,(H,13,15). The average Bonchev–Trinajstić information content (AvgIpc) is 2.69. The van der Waals surface area contributed by atoms with Crippen molar-refractivity contribution in [3.05, 3.63) is 24.3 Å².